The van der Waals surface area contributed by atoms with Crippen LogP contribution in [-0.4, -0.2) is 23.5 Å². The van der Waals surface area contributed by atoms with Crippen molar-refractivity contribution < 1.29 is 4.79 Å². The van der Waals surface area contributed by atoms with Crippen LogP contribution in [0.1, 0.15) is 41.6 Å². The molecule has 1 amide bonds. The number of hydrogen-bond donors (Lipinski definition) is 2. The monoisotopic (exact) mass is 288 g/mol. The first kappa shape index (κ1) is 12.6. The van der Waals surface area contributed by atoms with Gasteiger partial charge in [-0.25, -0.2) is 0 Å². The second-order valence-electron chi connectivity index (χ2n) is 6.46. The highest BCUT2D eigenvalue weighted by atomic mass is 32.2. The molecule has 20 heavy (non-hydrogen) atoms. The van der Waals surface area contributed by atoms with Crippen molar-refractivity contribution in [1.82, 2.24) is 0 Å². The van der Waals surface area contributed by atoms with Crippen molar-refractivity contribution in [3.63, 3.8) is 0 Å². The molecule has 2 fully saturated rings. The maximum atomic E-state index is 11.5. The Morgan fingerprint density at radius 1 is 1.40 bits per heavy atom. The summed E-state index contributed by atoms with van der Waals surface area (Å²) in [4.78, 5) is 11.5. The Hall–Kier alpha value is -1.16. The van der Waals surface area contributed by atoms with Crippen LogP contribution < -0.4 is 11.1 Å². The van der Waals surface area contributed by atoms with Gasteiger partial charge in [-0.1, -0.05) is 0 Å². The lowest BCUT2D eigenvalue weighted by Gasteiger charge is -2.38. The highest BCUT2D eigenvalue weighted by molar-refractivity contribution is 7.99. The average Bonchev–Trinajstić information content (AvgIpc) is 3.25. The van der Waals surface area contributed by atoms with Gasteiger partial charge in [-0.15, -0.1) is 0 Å². The molecule has 4 heteroatoms. The van der Waals surface area contributed by atoms with Crippen LogP contribution in [0.3, 0.4) is 0 Å². The zero-order chi connectivity index (χ0) is 13.7. The molecular weight excluding hydrogens is 268 g/mol. The van der Waals surface area contributed by atoms with Gasteiger partial charge < -0.3 is 11.1 Å². The van der Waals surface area contributed by atoms with E-state index >= 15 is 0 Å². The largest absolute Gasteiger partial charge is 0.384 e. The first-order valence-electron chi connectivity index (χ1n) is 7.48. The number of nitrogens with two attached hydrogens (primary N) is 1. The first-order chi connectivity index (χ1) is 9.68. The molecule has 2 heterocycles. The predicted octanol–water partition coefficient (Wildman–Crippen LogP) is 2.75. The molecule has 3 aliphatic rings. The van der Waals surface area contributed by atoms with Gasteiger partial charge in [0.15, 0.2) is 0 Å². The van der Waals surface area contributed by atoms with Gasteiger partial charge in [-0.2, -0.15) is 11.8 Å². The van der Waals surface area contributed by atoms with Crippen LogP contribution >= 0.6 is 11.8 Å². The topological polar surface area (TPSA) is 55.1 Å². The summed E-state index contributed by atoms with van der Waals surface area (Å²) < 4.78 is 0. The maximum absolute atomic E-state index is 11.5. The molecule has 0 aromatic heterocycles. The third-order valence-electron chi connectivity index (χ3n) is 5.14. The van der Waals surface area contributed by atoms with E-state index in [1.54, 1.807) is 0 Å². The van der Waals surface area contributed by atoms with Crippen molar-refractivity contribution in [2.45, 2.75) is 36.3 Å². The number of nitrogens with one attached hydrogen (secondary N) is 1. The molecule has 2 unspecified atom stereocenters. The second-order valence-corrected chi connectivity index (χ2v) is 7.81. The summed E-state index contributed by atoms with van der Waals surface area (Å²) in [6.07, 6.45) is 5.29. The number of thioether (sulfide) groups is 1. The third kappa shape index (κ3) is 1.93. The fourth-order valence-electron chi connectivity index (χ4n) is 3.78. The summed E-state index contributed by atoms with van der Waals surface area (Å²) in [5.41, 5.74) is 8.87. The van der Waals surface area contributed by atoms with E-state index in [0.717, 1.165) is 17.7 Å². The number of amides is 1. The molecule has 0 radical (unpaired) electrons. The zero-order valence-corrected chi connectivity index (χ0v) is 12.3. The molecule has 1 aliphatic carbocycles. The van der Waals surface area contributed by atoms with E-state index in [0.29, 0.717) is 5.56 Å². The number of fused-ring (bicyclic) bond motifs is 2. The van der Waals surface area contributed by atoms with E-state index in [2.05, 4.69) is 17.1 Å². The Balaban J connectivity index is 1.70. The SMILES string of the molecule is NC(=O)c1ccc2c(c1)C1(CCSC(C3CC3)C1)CN2. The number of benzene rings is 1. The van der Waals surface area contributed by atoms with Gasteiger partial charge in [0.25, 0.3) is 0 Å². The highest BCUT2D eigenvalue weighted by Crippen LogP contribution is 2.53. The molecule has 106 valence electrons. The van der Waals surface area contributed by atoms with Crippen molar-refractivity contribution in [2.75, 3.05) is 17.6 Å². The van der Waals surface area contributed by atoms with Gasteiger partial charge in [0, 0.05) is 28.5 Å². The summed E-state index contributed by atoms with van der Waals surface area (Å²) >= 11 is 2.16. The quantitative estimate of drug-likeness (QED) is 0.880. The van der Waals surface area contributed by atoms with E-state index in [-0.39, 0.29) is 11.3 Å². The van der Waals surface area contributed by atoms with Crippen LogP contribution in [0.4, 0.5) is 5.69 Å². The van der Waals surface area contributed by atoms with Crippen LogP contribution in [0.15, 0.2) is 18.2 Å². The van der Waals surface area contributed by atoms with Crippen LogP contribution in [0, 0.1) is 5.92 Å². The summed E-state index contributed by atoms with van der Waals surface area (Å²) in [5, 5.41) is 4.36. The van der Waals surface area contributed by atoms with Gasteiger partial charge >= 0.3 is 0 Å². The molecule has 4 rings (SSSR count). The number of carbonyl (C=O) groups excluding carboxylic acids is 1. The number of primary amides is 1. The fourth-order valence-corrected chi connectivity index (χ4v) is 5.57. The van der Waals surface area contributed by atoms with E-state index in [4.69, 9.17) is 5.73 Å². The number of anilines is 1. The molecule has 2 atom stereocenters. The van der Waals surface area contributed by atoms with Crippen LogP contribution in [0.5, 0.6) is 0 Å². The Morgan fingerprint density at radius 3 is 3.00 bits per heavy atom. The van der Waals surface area contributed by atoms with Crippen molar-refractivity contribution in [1.29, 1.82) is 0 Å². The van der Waals surface area contributed by atoms with Crippen LogP contribution in [0.2, 0.25) is 0 Å². The molecule has 1 spiro atoms. The van der Waals surface area contributed by atoms with E-state index < -0.39 is 0 Å². The second kappa shape index (κ2) is 4.42. The average molecular weight is 288 g/mol. The van der Waals surface area contributed by atoms with E-state index in [1.807, 2.05) is 18.2 Å². The lowest BCUT2D eigenvalue weighted by Crippen LogP contribution is -2.37. The summed E-state index contributed by atoms with van der Waals surface area (Å²) in [7, 11) is 0. The van der Waals surface area contributed by atoms with Gasteiger partial charge in [0.1, 0.15) is 0 Å². The maximum Gasteiger partial charge on any atom is 0.248 e. The zero-order valence-electron chi connectivity index (χ0n) is 11.5. The number of rotatable bonds is 2. The Labute approximate surface area is 123 Å². The lowest BCUT2D eigenvalue weighted by atomic mass is 9.74. The Kier molecular flexibility index (Phi) is 2.78. The third-order valence-corrected chi connectivity index (χ3v) is 6.56. The predicted molar refractivity (Wildman–Crippen MR) is 83.3 cm³/mol. The molecule has 1 aromatic carbocycles. The fraction of sp³-hybridized carbons (Fsp3) is 0.562. The smallest absolute Gasteiger partial charge is 0.248 e. The van der Waals surface area contributed by atoms with Crippen LogP contribution in [-0.2, 0) is 5.41 Å². The molecule has 1 saturated carbocycles. The molecule has 1 aromatic rings. The highest BCUT2D eigenvalue weighted by Gasteiger charge is 2.46. The Bertz CT molecular complexity index is 566. The van der Waals surface area contributed by atoms with Crippen molar-refractivity contribution in [2.24, 2.45) is 11.7 Å². The number of carbonyl (C=O) groups is 1. The van der Waals surface area contributed by atoms with Crippen LogP contribution in [0.25, 0.3) is 0 Å². The standard InChI is InChI=1S/C16H20N2OS/c17-15(19)11-3-4-13-12(7-11)16(9-18-13)5-6-20-14(8-16)10-1-2-10/h3-4,7,10,14,18H,1-2,5-6,8-9H2,(H2,17,19). The van der Waals surface area contributed by atoms with Crippen molar-refractivity contribution >= 4 is 23.4 Å². The summed E-state index contributed by atoms with van der Waals surface area (Å²) in [6.45, 7) is 1.02. The molecule has 0 bridgehead atoms. The summed E-state index contributed by atoms with van der Waals surface area (Å²) in [5.74, 6) is 1.86. The van der Waals surface area contributed by atoms with Crippen molar-refractivity contribution in [3.8, 4) is 0 Å². The summed E-state index contributed by atoms with van der Waals surface area (Å²) in [6, 6.07) is 5.90. The Morgan fingerprint density at radius 2 is 2.25 bits per heavy atom. The van der Waals surface area contributed by atoms with E-state index in [1.165, 1.54) is 42.7 Å². The van der Waals surface area contributed by atoms with Gasteiger partial charge in [0.05, 0.1) is 0 Å². The van der Waals surface area contributed by atoms with Gasteiger partial charge in [-0.3, -0.25) is 4.79 Å². The minimum atomic E-state index is -0.321. The molecule has 3 nitrogen and oxygen atoms in total. The normalized spacial score (nSPS) is 31.9. The molecule has 1 saturated heterocycles. The van der Waals surface area contributed by atoms with Crippen molar-refractivity contribution in [3.05, 3.63) is 29.3 Å². The molecule has 2 aliphatic heterocycles. The van der Waals surface area contributed by atoms with Gasteiger partial charge in [0.2, 0.25) is 5.91 Å². The first-order valence-corrected chi connectivity index (χ1v) is 8.53. The van der Waals surface area contributed by atoms with E-state index in [9.17, 15) is 4.79 Å². The lowest BCUT2D eigenvalue weighted by molar-refractivity contribution is 0.1000. The minimum Gasteiger partial charge on any atom is -0.384 e. The molecular formula is C16H20N2OS. The number of hydrogen-bond acceptors (Lipinski definition) is 3. The van der Waals surface area contributed by atoms with Gasteiger partial charge in [-0.05, 0) is 61.1 Å². The molecule has 3 N–H and O–H groups in total. The minimum absolute atomic E-state index is 0.235.